The van der Waals surface area contributed by atoms with E-state index in [4.69, 9.17) is 4.74 Å². The SMILES string of the molecule is Cc1c(C2(c3ccc(N(C)C)cc3)OC(=O)c3ccccc32)c2ccccc2n1C. The second kappa shape index (κ2) is 6.49. The first-order chi connectivity index (χ1) is 14.4. The lowest BCUT2D eigenvalue weighted by atomic mass is 9.78. The Morgan fingerprint density at radius 2 is 1.57 bits per heavy atom. The lowest BCUT2D eigenvalue weighted by molar-refractivity contribution is 0.0253. The normalized spacial score (nSPS) is 17.8. The van der Waals surface area contributed by atoms with Gasteiger partial charge < -0.3 is 14.2 Å². The Balaban J connectivity index is 1.89. The predicted molar refractivity (Wildman–Crippen MR) is 120 cm³/mol. The summed E-state index contributed by atoms with van der Waals surface area (Å²) < 4.78 is 8.50. The molecule has 0 N–H and O–H groups in total. The number of anilines is 1. The molecule has 0 amide bonds. The van der Waals surface area contributed by atoms with Crippen molar-refractivity contribution in [1.82, 2.24) is 4.57 Å². The van der Waals surface area contributed by atoms with Crippen molar-refractivity contribution < 1.29 is 9.53 Å². The minimum absolute atomic E-state index is 0.283. The monoisotopic (exact) mass is 396 g/mol. The number of hydrogen-bond acceptors (Lipinski definition) is 3. The number of hydrogen-bond donors (Lipinski definition) is 0. The van der Waals surface area contributed by atoms with Gasteiger partial charge in [-0.2, -0.15) is 0 Å². The highest BCUT2D eigenvalue weighted by molar-refractivity contribution is 5.98. The number of carbonyl (C=O) groups excluding carboxylic acids is 1. The summed E-state index contributed by atoms with van der Waals surface area (Å²) in [6, 6.07) is 24.3. The molecule has 1 aliphatic heterocycles. The Hall–Kier alpha value is -3.53. The van der Waals surface area contributed by atoms with Gasteiger partial charge in [-0.1, -0.05) is 48.5 Å². The Kier molecular flexibility index (Phi) is 4.00. The second-order valence-corrected chi connectivity index (χ2v) is 8.09. The standard InChI is InChI=1S/C26H24N2O2/c1-17-24(21-10-6-8-12-23(21)28(17)4)26(18-13-15-19(16-14-18)27(2)3)22-11-7-5-9-20(22)25(29)30-26/h5-16H,1-4H3. The summed E-state index contributed by atoms with van der Waals surface area (Å²) in [5, 5.41) is 1.10. The maximum Gasteiger partial charge on any atom is 0.340 e. The van der Waals surface area contributed by atoms with Gasteiger partial charge >= 0.3 is 5.97 Å². The molecule has 0 fully saturated rings. The van der Waals surface area contributed by atoms with Gasteiger partial charge in [-0.25, -0.2) is 4.79 Å². The van der Waals surface area contributed by atoms with Crippen LogP contribution in [-0.4, -0.2) is 24.6 Å². The maximum absolute atomic E-state index is 13.0. The van der Waals surface area contributed by atoms with Crippen LogP contribution in [0.25, 0.3) is 10.9 Å². The number of fused-ring (bicyclic) bond motifs is 2. The molecule has 0 radical (unpaired) electrons. The van der Waals surface area contributed by atoms with Crippen molar-refractivity contribution in [3.8, 4) is 0 Å². The third-order valence-corrected chi connectivity index (χ3v) is 6.31. The van der Waals surface area contributed by atoms with Gasteiger partial charge in [0.25, 0.3) is 0 Å². The van der Waals surface area contributed by atoms with Gasteiger partial charge in [0, 0.05) is 60.1 Å². The minimum Gasteiger partial charge on any atom is -0.440 e. The van der Waals surface area contributed by atoms with E-state index in [1.54, 1.807) is 0 Å². The van der Waals surface area contributed by atoms with Crippen LogP contribution in [0, 0.1) is 6.92 Å². The van der Waals surface area contributed by atoms with E-state index in [2.05, 4.69) is 59.8 Å². The molecule has 0 spiro atoms. The Morgan fingerprint density at radius 3 is 2.30 bits per heavy atom. The topological polar surface area (TPSA) is 34.5 Å². The zero-order chi connectivity index (χ0) is 21.0. The molecule has 1 atom stereocenters. The molecule has 0 aliphatic carbocycles. The van der Waals surface area contributed by atoms with Crippen LogP contribution in [0.2, 0.25) is 0 Å². The Morgan fingerprint density at radius 1 is 0.900 bits per heavy atom. The second-order valence-electron chi connectivity index (χ2n) is 8.09. The summed E-state index contributed by atoms with van der Waals surface area (Å²) in [4.78, 5) is 15.1. The van der Waals surface area contributed by atoms with Crippen molar-refractivity contribution in [2.75, 3.05) is 19.0 Å². The van der Waals surface area contributed by atoms with Crippen LogP contribution in [-0.2, 0) is 17.4 Å². The van der Waals surface area contributed by atoms with Crippen LogP contribution >= 0.6 is 0 Å². The molecule has 4 nitrogen and oxygen atoms in total. The van der Waals surface area contributed by atoms with Gasteiger partial charge in [0.05, 0.1) is 5.56 Å². The highest BCUT2D eigenvalue weighted by Gasteiger charge is 2.50. The number of esters is 1. The van der Waals surface area contributed by atoms with Gasteiger partial charge in [0.2, 0.25) is 0 Å². The number of rotatable bonds is 3. The first kappa shape index (κ1) is 18.5. The van der Waals surface area contributed by atoms with Gasteiger partial charge in [-0.15, -0.1) is 0 Å². The summed E-state index contributed by atoms with van der Waals surface area (Å²) in [6.07, 6.45) is 0. The Labute approximate surface area is 176 Å². The molecular formula is C26H24N2O2. The molecule has 1 unspecified atom stereocenters. The molecule has 5 rings (SSSR count). The highest BCUT2D eigenvalue weighted by atomic mass is 16.6. The molecule has 0 bridgehead atoms. The van der Waals surface area contributed by atoms with Crippen molar-refractivity contribution in [1.29, 1.82) is 0 Å². The molecule has 4 aromatic rings. The smallest absolute Gasteiger partial charge is 0.340 e. The van der Waals surface area contributed by atoms with E-state index in [0.29, 0.717) is 5.56 Å². The van der Waals surface area contributed by atoms with E-state index < -0.39 is 5.60 Å². The van der Waals surface area contributed by atoms with E-state index in [-0.39, 0.29) is 5.97 Å². The number of benzene rings is 3. The number of para-hydroxylation sites is 1. The van der Waals surface area contributed by atoms with E-state index in [1.165, 1.54) is 0 Å². The molecule has 4 heteroatoms. The zero-order valence-electron chi connectivity index (χ0n) is 17.6. The van der Waals surface area contributed by atoms with Crippen LogP contribution in [0.1, 0.15) is 32.7 Å². The molecule has 0 saturated heterocycles. The summed E-state index contributed by atoms with van der Waals surface area (Å²) in [7, 11) is 6.10. The highest BCUT2D eigenvalue weighted by Crippen LogP contribution is 2.50. The van der Waals surface area contributed by atoms with Crippen LogP contribution in [0.5, 0.6) is 0 Å². The summed E-state index contributed by atoms with van der Waals surface area (Å²) in [6.45, 7) is 2.10. The van der Waals surface area contributed by atoms with E-state index in [9.17, 15) is 4.79 Å². The van der Waals surface area contributed by atoms with Crippen LogP contribution in [0.15, 0.2) is 72.8 Å². The molecule has 150 valence electrons. The molecule has 0 saturated carbocycles. The molecule has 1 aromatic heterocycles. The van der Waals surface area contributed by atoms with Gasteiger partial charge in [-0.3, -0.25) is 0 Å². The quantitative estimate of drug-likeness (QED) is 0.456. The van der Waals surface area contributed by atoms with Gasteiger partial charge in [0.1, 0.15) is 0 Å². The first-order valence-electron chi connectivity index (χ1n) is 10.1. The fourth-order valence-corrected chi connectivity index (χ4v) is 4.72. The number of aromatic nitrogens is 1. The summed E-state index contributed by atoms with van der Waals surface area (Å²) in [5.74, 6) is -0.283. The first-order valence-corrected chi connectivity index (χ1v) is 10.1. The Bertz CT molecular complexity index is 1280. The number of ether oxygens (including phenoxy) is 1. The largest absolute Gasteiger partial charge is 0.440 e. The molecule has 2 heterocycles. The number of cyclic esters (lactones) is 1. The average molecular weight is 396 g/mol. The fraction of sp³-hybridized carbons (Fsp3) is 0.192. The summed E-state index contributed by atoms with van der Waals surface area (Å²) >= 11 is 0. The van der Waals surface area contributed by atoms with Crippen LogP contribution < -0.4 is 4.90 Å². The molecule has 1 aliphatic rings. The lowest BCUT2D eigenvalue weighted by Crippen LogP contribution is -2.30. The number of nitrogens with zero attached hydrogens (tertiary/aromatic N) is 2. The van der Waals surface area contributed by atoms with Crippen molar-refractivity contribution in [2.45, 2.75) is 12.5 Å². The third kappa shape index (κ3) is 2.37. The lowest BCUT2D eigenvalue weighted by Gasteiger charge is -2.31. The van der Waals surface area contributed by atoms with Crippen molar-refractivity contribution >= 4 is 22.6 Å². The molecule has 30 heavy (non-hydrogen) atoms. The van der Waals surface area contributed by atoms with Crippen molar-refractivity contribution in [2.24, 2.45) is 7.05 Å². The fourth-order valence-electron chi connectivity index (χ4n) is 4.72. The zero-order valence-corrected chi connectivity index (χ0v) is 17.6. The molecular weight excluding hydrogens is 372 g/mol. The number of carbonyl (C=O) groups is 1. The van der Waals surface area contributed by atoms with E-state index in [0.717, 1.165) is 39.0 Å². The average Bonchev–Trinajstić information content (AvgIpc) is 3.20. The molecule has 3 aromatic carbocycles. The van der Waals surface area contributed by atoms with Crippen LogP contribution in [0.4, 0.5) is 5.69 Å². The van der Waals surface area contributed by atoms with E-state index in [1.807, 2.05) is 50.5 Å². The number of aryl methyl sites for hydroxylation is 1. The van der Waals surface area contributed by atoms with Gasteiger partial charge in [0.15, 0.2) is 5.60 Å². The third-order valence-electron chi connectivity index (χ3n) is 6.31. The van der Waals surface area contributed by atoms with Crippen molar-refractivity contribution in [3.05, 3.63) is 101 Å². The van der Waals surface area contributed by atoms with E-state index >= 15 is 0 Å². The maximum atomic E-state index is 13.0. The summed E-state index contributed by atoms with van der Waals surface area (Å²) in [5.41, 5.74) is 5.81. The predicted octanol–water partition coefficient (Wildman–Crippen LogP) is 5.02. The van der Waals surface area contributed by atoms with Gasteiger partial charge in [-0.05, 0) is 31.2 Å². The van der Waals surface area contributed by atoms with Crippen molar-refractivity contribution in [3.63, 3.8) is 0 Å². The van der Waals surface area contributed by atoms with Crippen LogP contribution in [0.3, 0.4) is 0 Å². The minimum atomic E-state index is -0.983.